The number of nitrogens with two attached hydrogens (primary N) is 1. The van der Waals surface area contributed by atoms with Crippen LogP contribution in [-0.2, 0) is 10.0 Å². The Labute approximate surface area is 114 Å². The van der Waals surface area contributed by atoms with Crippen molar-refractivity contribution in [3.63, 3.8) is 0 Å². The zero-order chi connectivity index (χ0) is 13.9. The number of anilines is 1. The molecule has 0 amide bonds. The summed E-state index contributed by atoms with van der Waals surface area (Å²) in [6.07, 6.45) is 2.74. The van der Waals surface area contributed by atoms with Gasteiger partial charge in [0.15, 0.2) is 0 Å². The van der Waals surface area contributed by atoms with E-state index >= 15 is 0 Å². The van der Waals surface area contributed by atoms with E-state index in [1.54, 1.807) is 18.2 Å². The maximum Gasteiger partial charge on any atom is 0.242 e. The molecule has 5 nitrogen and oxygen atoms in total. The lowest BCUT2D eigenvalue weighted by Gasteiger charge is -2.19. The molecular weight excluding hydrogens is 262 g/mol. The normalized spacial score (nSPS) is 17.2. The van der Waals surface area contributed by atoms with Crippen molar-refractivity contribution in [3.05, 3.63) is 24.3 Å². The molecule has 0 radical (unpaired) electrons. The number of sulfonamides is 1. The van der Waals surface area contributed by atoms with E-state index in [-0.39, 0.29) is 5.54 Å². The summed E-state index contributed by atoms with van der Waals surface area (Å²) in [4.78, 5) is 0.295. The van der Waals surface area contributed by atoms with Crippen LogP contribution in [0.4, 0.5) is 5.69 Å². The predicted octanol–water partition coefficient (Wildman–Crippen LogP) is 1.28. The second-order valence-electron chi connectivity index (χ2n) is 5.00. The second-order valence-corrected chi connectivity index (χ2v) is 6.74. The molecule has 1 aromatic rings. The highest BCUT2D eigenvalue weighted by molar-refractivity contribution is 7.89. The summed E-state index contributed by atoms with van der Waals surface area (Å²) in [6.45, 7) is 2.89. The van der Waals surface area contributed by atoms with Gasteiger partial charge in [-0.25, -0.2) is 13.1 Å². The number of nitrogens with one attached hydrogen (secondary N) is 2. The molecule has 0 atom stereocenters. The molecule has 0 saturated heterocycles. The molecule has 0 aliphatic heterocycles. The summed E-state index contributed by atoms with van der Waals surface area (Å²) in [5.41, 5.74) is 6.25. The van der Waals surface area contributed by atoms with E-state index in [1.807, 2.05) is 13.0 Å². The van der Waals surface area contributed by atoms with Crippen LogP contribution >= 0.6 is 0 Å². The highest BCUT2D eigenvalue weighted by Gasteiger charge is 2.41. The summed E-state index contributed by atoms with van der Waals surface area (Å²) in [6, 6.07) is 6.96. The van der Waals surface area contributed by atoms with Gasteiger partial charge >= 0.3 is 0 Å². The van der Waals surface area contributed by atoms with Crippen molar-refractivity contribution in [2.75, 3.05) is 18.4 Å². The molecule has 4 N–H and O–H groups in total. The third kappa shape index (κ3) is 3.26. The van der Waals surface area contributed by atoms with Crippen molar-refractivity contribution in [3.8, 4) is 0 Å². The minimum absolute atomic E-state index is 0.115. The summed E-state index contributed by atoms with van der Waals surface area (Å²) >= 11 is 0. The topological polar surface area (TPSA) is 84.2 Å². The highest BCUT2D eigenvalue weighted by Crippen LogP contribution is 2.39. The average Bonchev–Trinajstić information content (AvgIpc) is 3.17. The van der Waals surface area contributed by atoms with Crippen LogP contribution in [0.2, 0.25) is 0 Å². The van der Waals surface area contributed by atoms with Crippen molar-refractivity contribution in [1.82, 2.24) is 4.72 Å². The molecule has 106 valence electrons. The molecule has 1 aromatic carbocycles. The molecule has 1 aliphatic rings. The quantitative estimate of drug-likeness (QED) is 0.704. The lowest BCUT2D eigenvalue weighted by Crippen LogP contribution is -2.32. The average molecular weight is 283 g/mol. The van der Waals surface area contributed by atoms with Crippen molar-refractivity contribution >= 4 is 15.7 Å². The van der Waals surface area contributed by atoms with Gasteiger partial charge in [-0.1, -0.05) is 19.1 Å². The van der Waals surface area contributed by atoms with Crippen LogP contribution < -0.4 is 15.8 Å². The van der Waals surface area contributed by atoms with E-state index in [4.69, 9.17) is 5.73 Å². The van der Waals surface area contributed by atoms with Crippen molar-refractivity contribution < 1.29 is 8.42 Å². The van der Waals surface area contributed by atoms with E-state index < -0.39 is 10.0 Å². The first kappa shape index (κ1) is 14.3. The van der Waals surface area contributed by atoms with Crippen LogP contribution in [0.1, 0.15) is 26.2 Å². The van der Waals surface area contributed by atoms with Crippen LogP contribution in [0, 0.1) is 0 Å². The molecule has 0 aromatic heterocycles. The number of benzene rings is 1. The van der Waals surface area contributed by atoms with Crippen molar-refractivity contribution in [1.29, 1.82) is 0 Å². The molecule has 19 heavy (non-hydrogen) atoms. The Kier molecular flexibility index (Phi) is 4.13. The van der Waals surface area contributed by atoms with Gasteiger partial charge < -0.3 is 11.1 Å². The lowest BCUT2D eigenvalue weighted by molar-refractivity contribution is 0.580. The predicted molar refractivity (Wildman–Crippen MR) is 76.6 cm³/mol. The van der Waals surface area contributed by atoms with Gasteiger partial charge in [0.1, 0.15) is 4.90 Å². The Balaban J connectivity index is 2.26. The van der Waals surface area contributed by atoms with E-state index in [2.05, 4.69) is 10.0 Å². The minimum atomic E-state index is -3.46. The Morgan fingerprint density at radius 3 is 2.58 bits per heavy atom. The molecule has 0 heterocycles. The molecule has 0 bridgehead atoms. The Bertz CT molecular complexity index is 539. The maximum atomic E-state index is 12.2. The Morgan fingerprint density at radius 1 is 1.32 bits per heavy atom. The van der Waals surface area contributed by atoms with E-state index in [9.17, 15) is 8.42 Å². The highest BCUT2D eigenvalue weighted by atomic mass is 32.2. The molecule has 6 heteroatoms. The summed E-state index contributed by atoms with van der Waals surface area (Å²) in [5.74, 6) is 0. The maximum absolute atomic E-state index is 12.2. The van der Waals surface area contributed by atoms with Gasteiger partial charge in [0, 0.05) is 18.6 Å². The van der Waals surface area contributed by atoms with Crippen LogP contribution in [0.3, 0.4) is 0 Å². The van der Waals surface area contributed by atoms with Crippen LogP contribution in [0.25, 0.3) is 0 Å². The van der Waals surface area contributed by atoms with Gasteiger partial charge in [-0.3, -0.25) is 0 Å². The SMILES string of the molecule is CCCNS(=O)(=O)c1ccccc1NC1(CN)CC1. The van der Waals surface area contributed by atoms with E-state index in [0.29, 0.717) is 23.7 Å². The molecule has 2 rings (SSSR count). The third-order valence-corrected chi connectivity index (χ3v) is 4.88. The number of hydrogen-bond donors (Lipinski definition) is 3. The Hall–Kier alpha value is -1.11. The van der Waals surface area contributed by atoms with Gasteiger partial charge in [-0.05, 0) is 31.4 Å². The molecule has 1 saturated carbocycles. The second kappa shape index (κ2) is 5.48. The zero-order valence-electron chi connectivity index (χ0n) is 11.1. The van der Waals surface area contributed by atoms with Crippen molar-refractivity contribution in [2.45, 2.75) is 36.6 Å². The smallest absolute Gasteiger partial charge is 0.242 e. The molecule has 0 spiro atoms. The van der Waals surface area contributed by atoms with E-state index in [0.717, 1.165) is 19.3 Å². The first-order valence-corrected chi connectivity index (χ1v) is 8.08. The third-order valence-electron chi connectivity index (χ3n) is 3.36. The largest absolute Gasteiger partial charge is 0.377 e. The number of rotatable bonds is 7. The minimum Gasteiger partial charge on any atom is -0.377 e. The van der Waals surface area contributed by atoms with Gasteiger partial charge in [0.05, 0.1) is 5.69 Å². The fourth-order valence-electron chi connectivity index (χ4n) is 1.94. The van der Waals surface area contributed by atoms with Crippen LogP contribution in [0.15, 0.2) is 29.2 Å². The summed E-state index contributed by atoms with van der Waals surface area (Å²) in [7, 11) is -3.46. The fraction of sp³-hybridized carbons (Fsp3) is 0.538. The number of para-hydroxylation sites is 1. The standard InChI is InChI=1S/C13H21N3O2S/c1-2-9-15-19(17,18)12-6-4-3-5-11(12)16-13(10-14)7-8-13/h3-6,15-16H,2,7-10,14H2,1H3. The van der Waals surface area contributed by atoms with Crippen LogP contribution in [-0.4, -0.2) is 27.0 Å². The molecule has 1 aliphatic carbocycles. The summed E-state index contributed by atoms with van der Waals surface area (Å²) in [5, 5.41) is 3.29. The van der Waals surface area contributed by atoms with Gasteiger partial charge in [0.2, 0.25) is 10.0 Å². The van der Waals surface area contributed by atoms with Gasteiger partial charge in [-0.2, -0.15) is 0 Å². The monoisotopic (exact) mass is 283 g/mol. The Morgan fingerprint density at radius 2 is 2.00 bits per heavy atom. The molecule has 1 fully saturated rings. The first-order valence-electron chi connectivity index (χ1n) is 6.60. The molecule has 0 unspecified atom stereocenters. The fourth-order valence-corrected chi connectivity index (χ4v) is 3.23. The summed E-state index contributed by atoms with van der Waals surface area (Å²) < 4.78 is 27.0. The van der Waals surface area contributed by atoms with Crippen LogP contribution in [0.5, 0.6) is 0 Å². The van der Waals surface area contributed by atoms with Gasteiger partial charge in [0.25, 0.3) is 0 Å². The number of hydrogen-bond acceptors (Lipinski definition) is 4. The van der Waals surface area contributed by atoms with Crippen molar-refractivity contribution in [2.24, 2.45) is 5.73 Å². The van der Waals surface area contributed by atoms with E-state index in [1.165, 1.54) is 0 Å². The first-order chi connectivity index (χ1) is 9.03. The lowest BCUT2D eigenvalue weighted by atomic mass is 10.2. The van der Waals surface area contributed by atoms with Gasteiger partial charge in [-0.15, -0.1) is 0 Å². The molecular formula is C13H21N3O2S. The zero-order valence-corrected chi connectivity index (χ0v) is 12.0.